The Morgan fingerprint density at radius 1 is 1.22 bits per heavy atom. The van der Waals surface area contributed by atoms with Crippen molar-refractivity contribution in [1.29, 1.82) is 0 Å². The predicted molar refractivity (Wildman–Crippen MR) is 75.6 cm³/mol. The van der Waals surface area contributed by atoms with Gasteiger partial charge in [0.1, 0.15) is 0 Å². The van der Waals surface area contributed by atoms with Gasteiger partial charge in [-0.1, -0.05) is 18.2 Å². The third kappa shape index (κ3) is 3.09. The Kier molecular flexibility index (Phi) is 4.36. The van der Waals surface area contributed by atoms with Crippen LogP contribution in [0.4, 0.5) is 0 Å². The Balaban J connectivity index is 2.34. The quantitative estimate of drug-likeness (QED) is 0.814. The van der Waals surface area contributed by atoms with E-state index >= 15 is 0 Å². The lowest BCUT2D eigenvalue weighted by Crippen LogP contribution is -2.14. The molecule has 0 saturated heterocycles. The number of aromatic nitrogens is 1. The lowest BCUT2D eigenvalue weighted by molar-refractivity contribution is 0.414. The second-order valence-corrected chi connectivity index (χ2v) is 5.74. The van der Waals surface area contributed by atoms with Crippen LogP contribution in [0.15, 0.2) is 30.5 Å². The summed E-state index contributed by atoms with van der Waals surface area (Å²) in [4.78, 5) is 20.5. The number of nitrogens with zero attached hydrogens (tertiary/aromatic N) is 2. The molecule has 1 aromatic heterocycles. The molecule has 0 fully saturated rings. The van der Waals surface area contributed by atoms with Gasteiger partial charge < -0.3 is 19.3 Å². The van der Waals surface area contributed by atoms with Gasteiger partial charge in [-0.05, 0) is 32.1 Å². The summed E-state index contributed by atoms with van der Waals surface area (Å²) < 4.78 is 1.94. The molecule has 0 atom stereocenters. The van der Waals surface area contributed by atoms with Gasteiger partial charge in [0.25, 0.3) is 0 Å². The van der Waals surface area contributed by atoms with Gasteiger partial charge in [-0.3, -0.25) is 0 Å². The molecule has 0 spiro atoms. The molecule has 0 aliphatic carbocycles. The van der Waals surface area contributed by atoms with Crippen molar-refractivity contribution in [3.63, 3.8) is 0 Å². The summed E-state index contributed by atoms with van der Waals surface area (Å²) in [6, 6.07) is 8.11. The van der Waals surface area contributed by atoms with Crippen LogP contribution in [0.5, 0.6) is 0 Å². The number of benzene rings is 1. The maximum absolute atomic E-state index is 9.18. The molecule has 0 saturated carbocycles. The van der Waals surface area contributed by atoms with Crippen LogP contribution in [-0.2, 0) is 12.7 Å². The van der Waals surface area contributed by atoms with Crippen molar-refractivity contribution in [3.8, 4) is 0 Å². The third-order valence-electron chi connectivity index (χ3n) is 2.98. The number of fused-ring (bicyclic) bond motifs is 1. The largest absolute Gasteiger partial charge is 0.349 e. The van der Waals surface area contributed by atoms with E-state index in [4.69, 9.17) is 0 Å². The first-order chi connectivity index (χ1) is 8.58. The lowest BCUT2D eigenvalue weighted by atomic mass is 10.1. The van der Waals surface area contributed by atoms with Crippen LogP contribution in [0.1, 0.15) is 5.56 Å². The molecule has 5 heteroatoms. The van der Waals surface area contributed by atoms with Crippen molar-refractivity contribution in [1.82, 2.24) is 9.47 Å². The van der Waals surface area contributed by atoms with Gasteiger partial charge in [-0.15, -0.1) is 0 Å². The molecule has 98 valence electrons. The Bertz CT molecular complexity index is 523. The van der Waals surface area contributed by atoms with E-state index in [0.717, 1.165) is 18.5 Å². The molecular formula is C13H19N2O2P. The van der Waals surface area contributed by atoms with Gasteiger partial charge in [-0.2, -0.15) is 0 Å². The van der Waals surface area contributed by atoms with E-state index in [0.29, 0.717) is 0 Å². The molecule has 0 amide bonds. The number of rotatable bonds is 5. The molecule has 18 heavy (non-hydrogen) atoms. The van der Waals surface area contributed by atoms with Crippen LogP contribution in [0.3, 0.4) is 0 Å². The fraction of sp³-hybridized carbons (Fsp3) is 0.385. The van der Waals surface area contributed by atoms with Gasteiger partial charge in [0.15, 0.2) is 8.38 Å². The second kappa shape index (κ2) is 5.81. The molecule has 0 unspecified atom stereocenters. The number of likely N-dealkylation sites (N-methyl/N-ethyl adjacent to an activating group) is 1. The van der Waals surface area contributed by atoms with E-state index in [-0.39, 0.29) is 6.29 Å². The van der Waals surface area contributed by atoms with Gasteiger partial charge in [-0.25, -0.2) is 0 Å². The molecule has 2 rings (SSSR count). The highest BCUT2D eigenvalue weighted by molar-refractivity contribution is 7.43. The number of hydrogen-bond acceptors (Lipinski definition) is 3. The summed E-state index contributed by atoms with van der Waals surface area (Å²) in [5.41, 5.74) is 2.33. The van der Waals surface area contributed by atoms with E-state index in [1.807, 2.05) is 29.0 Å². The molecule has 1 heterocycles. The zero-order chi connectivity index (χ0) is 13.1. The fourth-order valence-electron chi connectivity index (χ4n) is 2.12. The highest BCUT2D eigenvalue weighted by atomic mass is 31.2. The minimum absolute atomic E-state index is 0.276. The Morgan fingerprint density at radius 3 is 2.61 bits per heavy atom. The van der Waals surface area contributed by atoms with Crippen molar-refractivity contribution in [3.05, 3.63) is 36.0 Å². The van der Waals surface area contributed by atoms with Crippen LogP contribution in [0, 0.1) is 0 Å². The first kappa shape index (κ1) is 13.5. The van der Waals surface area contributed by atoms with Crippen molar-refractivity contribution in [2.24, 2.45) is 0 Å². The van der Waals surface area contributed by atoms with Crippen LogP contribution in [0.2, 0.25) is 0 Å². The zero-order valence-corrected chi connectivity index (χ0v) is 11.6. The van der Waals surface area contributed by atoms with E-state index in [9.17, 15) is 9.79 Å². The molecule has 2 aromatic rings. The summed E-state index contributed by atoms with van der Waals surface area (Å²) in [7, 11) is 2.21. The van der Waals surface area contributed by atoms with E-state index in [2.05, 4.69) is 25.1 Å². The first-order valence-corrected chi connectivity index (χ1v) is 7.38. The third-order valence-corrected chi connectivity index (χ3v) is 3.54. The Morgan fingerprint density at radius 2 is 1.94 bits per heavy atom. The Hall–Kier alpha value is -0.930. The van der Waals surface area contributed by atoms with Crippen LogP contribution >= 0.6 is 8.38 Å². The molecular weight excluding hydrogens is 247 g/mol. The van der Waals surface area contributed by atoms with Crippen LogP contribution in [-0.4, -0.2) is 39.9 Å². The van der Waals surface area contributed by atoms with E-state index < -0.39 is 8.38 Å². The fourth-order valence-corrected chi connectivity index (χ4v) is 2.63. The van der Waals surface area contributed by atoms with Crippen molar-refractivity contribution >= 4 is 19.3 Å². The molecule has 4 nitrogen and oxygen atoms in total. The smallest absolute Gasteiger partial charge is 0.186 e. The molecule has 0 radical (unpaired) electrons. The molecule has 0 aliphatic heterocycles. The minimum Gasteiger partial charge on any atom is -0.349 e. The zero-order valence-electron chi connectivity index (χ0n) is 10.7. The van der Waals surface area contributed by atoms with Crippen molar-refractivity contribution in [2.75, 3.05) is 20.6 Å². The molecule has 2 N–H and O–H groups in total. The number of para-hydroxylation sites is 1. The van der Waals surface area contributed by atoms with Crippen molar-refractivity contribution < 1.29 is 9.79 Å². The summed E-state index contributed by atoms with van der Waals surface area (Å²) in [5.74, 6) is 0. The standard InChI is InChI=1S/C13H19N2O2P/c1-14(2)8-7-11-9-15(10-18(16)17)13-6-4-3-5-12(11)13/h3-6,9,16-17H,7-8,10H2,1-2H3. The average Bonchev–Trinajstić information content (AvgIpc) is 2.65. The SMILES string of the molecule is CN(C)CCc1cn(CP(O)O)c2ccccc12. The number of hydrogen-bond donors (Lipinski definition) is 2. The second-order valence-electron chi connectivity index (χ2n) is 4.71. The minimum atomic E-state index is -1.91. The van der Waals surface area contributed by atoms with Gasteiger partial charge >= 0.3 is 0 Å². The maximum Gasteiger partial charge on any atom is 0.186 e. The van der Waals surface area contributed by atoms with Gasteiger partial charge in [0.2, 0.25) is 0 Å². The van der Waals surface area contributed by atoms with E-state index in [1.54, 1.807) is 0 Å². The highest BCUT2D eigenvalue weighted by Crippen LogP contribution is 2.30. The predicted octanol–water partition coefficient (Wildman–Crippen LogP) is 2.00. The maximum atomic E-state index is 9.18. The normalized spacial score (nSPS) is 11.9. The highest BCUT2D eigenvalue weighted by Gasteiger charge is 2.10. The summed E-state index contributed by atoms with van der Waals surface area (Å²) in [6.07, 6.45) is 3.28. The molecule has 1 aromatic carbocycles. The van der Waals surface area contributed by atoms with Gasteiger partial charge in [0.05, 0.1) is 6.29 Å². The van der Waals surface area contributed by atoms with Crippen LogP contribution < -0.4 is 0 Å². The first-order valence-electron chi connectivity index (χ1n) is 5.94. The topological polar surface area (TPSA) is 48.6 Å². The molecule has 0 aliphatic rings. The lowest BCUT2D eigenvalue weighted by Gasteiger charge is -2.08. The van der Waals surface area contributed by atoms with Crippen LogP contribution in [0.25, 0.3) is 10.9 Å². The van der Waals surface area contributed by atoms with E-state index in [1.165, 1.54) is 10.9 Å². The summed E-state index contributed by atoms with van der Waals surface area (Å²) in [6.45, 7) is 0.987. The Labute approximate surface area is 108 Å². The summed E-state index contributed by atoms with van der Waals surface area (Å²) >= 11 is 0. The average molecular weight is 266 g/mol. The monoisotopic (exact) mass is 266 g/mol. The molecule has 0 bridgehead atoms. The van der Waals surface area contributed by atoms with Crippen molar-refractivity contribution in [2.45, 2.75) is 12.7 Å². The summed E-state index contributed by atoms with van der Waals surface area (Å²) in [5, 5.41) is 1.20. The van der Waals surface area contributed by atoms with Gasteiger partial charge in [0, 0.05) is 23.6 Å².